The van der Waals surface area contributed by atoms with Crippen LogP contribution in [0.2, 0.25) is 5.02 Å². The van der Waals surface area contributed by atoms with Crippen LogP contribution in [0.25, 0.3) is 0 Å². The molecule has 1 aromatic carbocycles. The summed E-state index contributed by atoms with van der Waals surface area (Å²) >= 11 is 5.85. The van der Waals surface area contributed by atoms with E-state index in [-0.39, 0.29) is 5.02 Å². The second-order valence-corrected chi connectivity index (χ2v) is 3.59. The standard InChI is InChI=1S/C11H12ClFN2/c1-2-5-15-11(7-14)9-4-3-8(13)6-10(9)12/h3-4,6,11,15H,2,5H2,1H3. The van der Waals surface area contributed by atoms with Crippen LogP contribution in [0.4, 0.5) is 4.39 Å². The van der Waals surface area contributed by atoms with Crippen molar-refractivity contribution < 1.29 is 4.39 Å². The van der Waals surface area contributed by atoms with Crippen LogP contribution >= 0.6 is 11.6 Å². The topological polar surface area (TPSA) is 35.8 Å². The minimum atomic E-state index is -0.474. The van der Waals surface area contributed by atoms with Crippen LogP contribution in [0, 0.1) is 17.1 Å². The molecule has 0 fully saturated rings. The Labute approximate surface area is 93.7 Å². The van der Waals surface area contributed by atoms with Crippen LogP contribution in [0.5, 0.6) is 0 Å². The van der Waals surface area contributed by atoms with Crippen molar-refractivity contribution >= 4 is 11.6 Å². The van der Waals surface area contributed by atoms with Gasteiger partial charge in [0.2, 0.25) is 0 Å². The number of rotatable bonds is 4. The van der Waals surface area contributed by atoms with Crippen molar-refractivity contribution in [3.8, 4) is 6.07 Å². The summed E-state index contributed by atoms with van der Waals surface area (Å²) in [5, 5.41) is 12.2. The largest absolute Gasteiger partial charge is 0.298 e. The fourth-order valence-electron chi connectivity index (χ4n) is 1.25. The molecule has 4 heteroatoms. The molecule has 80 valence electrons. The highest BCUT2D eigenvalue weighted by atomic mass is 35.5. The maximum absolute atomic E-state index is 12.8. The molecule has 0 aliphatic rings. The van der Waals surface area contributed by atoms with Crippen molar-refractivity contribution in [3.05, 3.63) is 34.6 Å². The Hall–Kier alpha value is -1.11. The molecule has 1 aromatic rings. The highest BCUT2D eigenvalue weighted by Gasteiger charge is 2.13. The molecule has 1 N–H and O–H groups in total. The molecule has 0 aromatic heterocycles. The summed E-state index contributed by atoms with van der Waals surface area (Å²) < 4.78 is 12.8. The van der Waals surface area contributed by atoms with E-state index in [1.807, 2.05) is 6.92 Å². The fraction of sp³-hybridized carbons (Fsp3) is 0.364. The first-order valence-electron chi connectivity index (χ1n) is 4.77. The second kappa shape index (κ2) is 5.69. The molecule has 0 saturated carbocycles. The minimum absolute atomic E-state index is 0.283. The molecular weight excluding hydrogens is 215 g/mol. The normalized spacial score (nSPS) is 12.1. The molecule has 0 aliphatic carbocycles. The molecule has 0 radical (unpaired) electrons. The maximum Gasteiger partial charge on any atom is 0.124 e. The summed E-state index contributed by atoms with van der Waals surface area (Å²) in [7, 11) is 0. The Kier molecular flexibility index (Phi) is 4.54. The molecule has 15 heavy (non-hydrogen) atoms. The third-order valence-corrected chi connectivity index (χ3v) is 2.33. The van der Waals surface area contributed by atoms with Crippen molar-refractivity contribution in [3.63, 3.8) is 0 Å². The lowest BCUT2D eigenvalue weighted by atomic mass is 10.1. The molecule has 1 atom stereocenters. The van der Waals surface area contributed by atoms with Gasteiger partial charge in [0, 0.05) is 10.6 Å². The first kappa shape index (κ1) is 12.0. The molecule has 1 unspecified atom stereocenters. The van der Waals surface area contributed by atoms with Crippen LogP contribution in [0.15, 0.2) is 18.2 Å². The summed E-state index contributed by atoms with van der Waals surface area (Å²) in [5.74, 6) is -0.393. The van der Waals surface area contributed by atoms with Crippen LogP contribution in [0.1, 0.15) is 24.9 Å². The number of benzene rings is 1. The van der Waals surface area contributed by atoms with E-state index in [1.54, 1.807) is 0 Å². The Morgan fingerprint density at radius 3 is 2.87 bits per heavy atom. The van der Waals surface area contributed by atoms with Crippen LogP contribution in [-0.2, 0) is 0 Å². The van der Waals surface area contributed by atoms with Gasteiger partial charge in [0.15, 0.2) is 0 Å². The first-order chi connectivity index (χ1) is 7.19. The molecule has 0 saturated heterocycles. The lowest BCUT2D eigenvalue weighted by Crippen LogP contribution is -2.20. The van der Waals surface area contributed by atoms with E-state index in [0.29, 0.717) is 5.56 Å². The van der Waals surface area contributed by atoms with Gasteiger partial charge in [0.05, 0.1) is 6.07 Å². The predicted octanol–water partition coefficient (Wildman–Crippen LogP) is 3.04. The van der Waals surface area contributed by atoms with Gasteiger partial charge in [-0.3, -0.25) is 5.32 Å². The number of nitriles is 1. The van der Waals surface area contributed by atoms with E-state index >= 15 is 0 Å². The third kappa shape index (κ3) is 3.19. The average Bonchev–Trinajstić information content (AvgIpc) is 2.21. The van der Waals surface area contributed by atoms with Gasteiger partial charge >= 0.3 is 0 Å². The van der Waals surface area contributed by atoms with Crippen molar-refractivity contribution in [1.29, 1.82) is 5.26 Å². The van der Waals surface area contributed by atoms with E-state index in [2.05, 4.69) is 11.4 Å². The number of nitrogens with one attached hydrogen (secondary N) is 1. The molecular formula is C11H12ClFN2. The van der Waals surface area contributed by atoms with E-state index in [0.717, 1.165) is 13.0 Å². The molecule has 1 rings (SSSR count). The lowest BCUT2D eigenvalue weighted by Gasteiger charge is -2.12. The van der Waals surface area contributed by atoms with Gasteiger partial charge in [-0.25, -0.2) is 4.39 Å². The molecule has 0 heterocycles. The second-order valence-electron chi connectivity index (χ2n) is 3.18. The van der Waals surface area contributed by atoms with Gasteiger partial charge < -0.3 is 0 Å². The molecule has 2 nitrogen and oxygen atoms in total. The molecule has 0 bridgehead atoms. The highest BCUT2D eigenvalue weighted by Crippen LogP contribution is 2.23. The number of hydrogen-bond donors (Lipinski definition) is 1. The van der Waals surface area contributed by atoms with Crippen LogP contribution in [0.3, 0.4) is 0 Å². The zero-order valence-corrected chi connectivity index (χ0v) is 9.18. The zero-order chi connectivity index (χ0) is 11.3. The average molecular weight is 227 g/mol. The van der Waals surface area contributed by atoms with Gasteiger partial charge in [0.25, 0.3) is 0 Å². The summed E-state index contributed by atoms with van der Waals surface area (Å²) in [4.78, 5) is 0. The van der Waals surface area contributed by atoms with Crippen molar-refractivity contribution in [2.24, 2.45) is 0 Å². The van der Waals surface area contributed by atoms with Gasteiger partial charge in [-0.05, 0) is 25.1 Å². The van der Waals surface area contributed by atoms with Gasteiger partial charge in [-0.2, -0.15) is 5.26 Å². The van der Waals surface area contributed by atoms with Crippen LogP contribution < -0.4 is 5.32 Å². The Morgan fingerprint density at radius 1 is 1.60 bits per heavy atom. The minimum Gasteiger partial charge on any atom is -0.298 e. The SMILES string of the molecule is CCCNC(C#N)c1ccc(F)cc1Cl. The lowest BCUT2D eigenvalue weighted by molar-refractivity contribution is 0.610. The fourth-order valence-corrected chi connectivity index (χ4v) is 1.53. The van der Waals surface area contributed by atoms with Crippen molar-refractivity contribution in [2.75, 3.05) is 6.54 Å². The summed E-state index contributed by atoms with van der Waals surface area (Å²) in [6.45, 7) is 2.74. The number of hydrogen-bond acceptors (Lipinski definition) is 2. The maximum atomic E-state index is 12.8. The van der Waals surface area contributed by atoms with Crippen molar-refractivity contribution in [2.45, 2.75) is 19.4 Å². The van der Waals surface area contributed by atoms with E-state index < -0.39 is 11.9 Å². The quantitative estimate of drug-likeness (QED) is 0.857. The Bertz CT molecular complexity index is 373. The van der Waals surface area contributed by atoms with Gasteiger partial charge in [-0.15, -0.1) is 0 Å². The van der Waals surface area contributed by atoms with Gasteiger partial charge in [-0.1, -0.05) is 24.6 Å². The number of nitrogens with zero attached hydrogens (tertiary/aromatic N) is 1. The Balaban J connectivity index is 2.88. The molecule has 0 aliphatic heterocycles. The van der Waals surface area contributed by atoms with Crippen LogP contribution in [-0.4, -0.2) is 6.54 Å². The molecule has 0 spiro atoms. The number of halogens is 2. The zero-order valence-electron chi connectivity index (χ0n) is 8.43. The third-order valence-electron chi connectivity index (χ3n) is 2.00. The van der Waals surface area contributed by atoms with E-state index in [4.69, 9.17) is 16.9 Å². The van der Waals surface area contributed by atoms with Gasteiger partial charge in [0.1, 0.15) is 11.9 Å². The Morgan fingerprint density at radius 2 is 2.33 bits per heavy atom. The molecule has 0 amide bonds. The smallest absolute Gasteiger partial charge is 0.124 e. The predicted molar refractivity (Wildman–Crippen MR) is 58.1 cm³/mol. The summed E-state index contributed by atoms with van der Waals surface area (Å²) in [6.07, 6.45) is 0.928. The van der Waals surface area contributed by atoms with Crippen molar-refractivity contribution in [1.82, 2.24) is 5.32 Å². The highest BCUT2D eigenvalue weighted by molar-refractivity contribution is 6.31. The van der Waals surface area contributed by atoms with E-state index in [9.17, 15) is 4.39 Å². The van der Waals surface area contributed by atoms with E-state index in [1.165, 1.54) is 18.2 Å². The summed E-state index contributed by atoms with van der Waals surface area (Å²) in [6, 6.07) is 5.68. The summed E-state index contributed by atoms with van der Waals surface area (Å²) in [5.41, 5.74) is 0.619. The first-order valence-corrected chi connectivity index (χ1v) is 5.14. The monoisotopic (exact) mass is 226 g/mol.